The third-order valence-corrected chi connectivity index (χ3v) is 3.22. The molecule has 0 atom stereocenters. The maximum atomic E-state index is 11.2. The van der Waals surface area contributed by atoms with Gasteiger partial charge in [-0.3, -0.25) is 4.79 Å². The van der Waals surface area contributed by atoms with Crippen molar-refractivity contribution in [3.05, 3.63) is 71.4 Å². The number of carbonyl (C=O) groups excluding carboxylic acids is 1. The highest BCUT2D eigenvalue weighted by atomic mass is 35.5. The Bertz CT molecular complexity index is 750. The van der Waals surface area contributed by atoms with E-state index in [2.05, 4.69) is 5.10 Å². The zero-order valence-electron chi connectivity index (χ0n) is 10.5. The zero-order chi connectivity index (χ0) is 13.9. The first-order valence-electron chi connectivity index (χ1n) is 6.14. The lowest BCUT2D eigenvalue weighted by molar-refractivity contribution is 0.112. The molecule has 0 unspecified atom stereocenters. The quantitative estimate of drug-likeness (QED) is 0.681. The number of nitrogens with zero attached hydrogens (tertiary/aromatic N) is 2. The second-order valence-corrected chi connectivity index (χ2v) is 4.78. The number of hydrogen-bond acceptors (Lipinski definition) is 2. The van der Waals surface area contributed by atoms with E-state index in [0.29, 0.717) is 16.3 Å². The van der Waals surface area contributed by atoms with E-state index >= 15 is 0 Å². The molecule has 4 heteroatoms. The van der Waals surface area contributed by atoms with Crippen LogP contribution in [0, 0.1) is 0 Å². The fraction of sp³-hybridized carbons (Fsp3) is 0. The van der Waals surface area contributed by atoms with Crippen LogP contribution in [0.25, 0.3) is 16.9 Å². The molecule has 0 N–H and O–H groups in total. The number of aromatic nitrogens is 2. The van der Waals surface area contributed by atoms with Gasteiger partial charge in [-0.05, 0) is 24.3 Å². The van der Waals surface area contributed by atoms with Crippen LogP contribution >= 0.6 is 11.6 Å². The van der Waals surface area contributed by atoms with Gasteiger partial charge in [-0.1, -0.05) is 41.9 Å². The maximum Gasteiger partial charge on any atom is 0.153 e. The molecule has 0 radical (unpaired) electrons. The molecule has 1 aromatic heterocycles. The van der Waals surface area contributed by atoms with Gasteiger partial charge in [-0.15, -0.1) is 0 Å². The minimum Gasteiger partial charge on any atom is -0.298 e. The first-order valence-corrected chi connectivity index (χ1v) is 6.52. The van der Waals surface area contributed by atoms with Crippen molar-refractivity contribution in [2.45, 2.75) is 0 Å². The van der Waals surface area contributed by atoms with Crippen LogP contribution in [0.4, 0.5) is 0 Å². The molecule has 3 aromatic rings. The number of halogens is 1. The SMILES string of the molecule is O=Cc1cn(-c2ccccc2)nc1-c1cccc(Cl)c1. The van der Waals surface area contributed by atoms with Gasteiger partial charge < -0.3 is 0 Å². The standard InChI is InChI=1S/C16H11ClN2O/c17-14-6-4-5-12(9-14)16-13(11-20)10-19(18-16)15-7-2-1-3-8-15/h1-11H. The lowest BCUT2D eigenvalue weighted by atomic mass is 10.1. The summed E-state index contributed by atoms with van der Waals surface area (Å²) in [6.07, 6.45) is 2.53. The van der Waals surface area contributed by atoms with Crippen molar-refractivity contribution in [3.63, 3.8) is 0 Å². The van der Waals surface area contributed by atoms with Crippen molar-refractivity contribution in [3.8, 4) is 16.9 Å². The van der Waals surface area contributed by atoms with Crippen molar-refractivity contribution >= 4 is 17.9 Å². The first kappa shape index (κ1) is 12.6. The molecule has 0 fully saturated rings. The number of para-hydroxylation sites is 1. The molecule has 2 aromatic carbocycles. The minimum absolute atomic E-state index is 0.538. The smallest absolute Gasteiger partial charge is 0.153 e. The molecule has 0 aliphatic heterocycles. The fourth-order valence-electron chi connectivity index (χ4n) is 2.05. The van der Waals surface area contributed by atoms with E-state index < -0.39 is 0 Å². The average Bonchev–Trinajstić information content (AvgIpc) is 2.92. The van der Waals surface area contributed by atoms with E-state index in [4.69, 9.17) is 11.6 Å². The van der Waals surface area contributed by atoms with Crippen molar-refractivity contribution in [1.29, 1.82) is 0 Å². The van der Waals surface area contributed by atoms with Gasteiger partial charge in [0.15, 0.2) is 6.29 Å². The average molecular weight is 283 g/mol. The summed E-state index contributed by atoms with van der Waals surface area (Å²) >= 11 is 5.99. The van der Waals surface area contributed by atoms with Crippen molar-refractivity contribution in [1.82, 2.24) is 9.78 Å². The summed E-state index contributed by atoms with van der Waals surface area (Å²) in [7, 11) is 0. The van der Waals surface area contributed by atoms with Gasteiger partial charge in [0.2, 0.25) is 0 Å². The highest BCUT2D eigenvalue weighted by molar-refractivity contribution is 6.30. The summed E-state index contributed by atoms with van der Waals surface area (Å²) < 4.78 is 1.69. The molecule has 0 aliphatic carbocycles. The Kier molecular flexibility index (Phi) is 3.35. The Morgan fingerprint density at radius 1 is 1.05 bits per heavy atom. The summed E-state index contributed by atoms with van der Waals surface area (Å²) in [6, 6.07) is 17.0. The van der Waals surface area contributed by atoms with E-state index in [-0.39, 0.29) is 0 Å². The van der Waals surface area contributed by atoms with Gasteiger partial charge in [0.25, 0.3) is 0 Å². The van der Waals surface area contributed by atoms with Crippen LogP contribution in [0.5, 0.6) is 0 Å². The molecule has 3 rings (SSSR count). The van der Waals surface area contributed by atoms with E-state index in [1.165, 1.54) is 0 Å². The molecule has 0 saturated heterocycles. The van der Waals surface area contributed by atoms with Crippen molar-refractivity contribution in [2.75, 3.05) is 0 Å². The predicted octanol–water partition coefficient (Wildman–Crippen LogP) is 4.01. The normalized spacial score (nSPS) is 10.4. The molecule has 0 amide bonds. The Morgan fingerprint density at radius 3 is 2.55 bits per heavy atom. The number of benzene rings is 2. The van der Waals surface area contributed by atoms with Crippen LogP contribution in [0.15, 0.2) is 60.8 Å². The summed E-state index contributed by atoms with van der Waals surface area (Å²) in [5.74, 6) is 0. The number of carbonyl (C=O) groups is 1. The Labute approximate surface area is 121 Å². The van der Waals surface area contributed by atoms with E-state index in [1.54, 1.807) is 23.0 Å². The molecule has 98 valence electrons. The van der Waals surface area contributed by atoms with Crippen molar-refractivity contribution < 1.29 is 4.79 Å². The van der Waals surface area contributed by atoms with Crippen molar-refractivity contribution in [2.24, 2.45) is 0 Å². The Hall–Kier alpha value is -2.39. The molecule has 0 aliphatic rings. The molecule has 20 heavy (non-hydrogen) atoms. The summed E-state index contributed by atoms with van der Waals surface area (Å²) in [4.78, 5) is 11.2. The van der Waals surface area contributed by atoms with Crippen LogP contribution in [0.1, 0.15) is 10.4 Å². The van der Waals surface area contributed by atoms with E-state index in [1.807, 2.05) is 42.5 Å². The molecule has 0 spiro atoms. The number of hydrogen-bond donors (Lipinski definition) is 0. The lowest BCUT2D eigenvalue weighted by Gasteiger charge is -2.00. The molecular weight excluding hydrogens is 272 g/mol. The summed E-state index contributed by atoms with van der Waals surface area (Å²) in [5, 5.41) is 5.11. The van der Waals surface area contributed by atoms with Crippen LogP contribution in [0.3, 0.4) is 0 Å². The van der Waals surface area contributed by atoms with Crippen LogP contribution in [-0.2, 0) is 0 Å². The number of aldehydes is 1. The fourth-order valence-corrected chi connectivity index (χ4v) is 2.24. The van der Waals surface area contributed by atoms with Gasteiger partial charge in [0.1, 0.15) is 5.69 Å². The molecule has 0 saturated carbocycles. The van der Waals surface area contributed by atoms with E-state index in [0.717, 1.165) is 17.5 Å². The monoisotopic (exact) mass is 282 g/mol. The van der Waals surface area contributed by atoms with Gasteiger partial charge >= 0.3 is 0 Å². The second kappa shape index (κ2) is 5.31. The maximum absolute atomic E-state index is 11.2. The molecule has 3 nitrogen and oxygen atoms in total. The first-order chi connectivity index (χ1) is 9.78. The summed E-state index contributed by atoms with van der Waals surface area (Å²) in [6.45, 7) is 0. The topological polar surface area (TPSA) is 34.9 Å². The largest absolute Gasteiger partial charge is 0.298 e. The Balaban J connectivity index is 2.13. The van der Waals surface area contributed by atoms with Gasteiger partial charge in [-0.25, -0.2) is 4.68 Å². The summed E-state index contributed by atoms with van der Waals surface area (Å²) in [5.41, 5.74) is 2.90. The third kappa shape index (κ3) is 2.36. The molecule has 1 heterocycles. The highest BCUT2D eigenvalue weighted by Crippen LogP contribution is 2.25. The number of rotatable bonds is 3. The lowest BCUT2D eigenvalue weighted by Crippen LogP contribution is -1.93. The van der Waals surface area contributed by atoms with Crippen LogP contribution < -0.4 is 0 Å². The van der Waals surface area contributed by atoms with Gasteiger partial charge in [-0.2, -0.15) is 5.10 Å². The molecule has 0 bridgehead atoms. The van der Waals surface area contributed by atoms with Gasteiger partial charge in [0, 0.05) is 16.8 Å². The van der Waals surface area contributed by atoms with Crippen LogP contribution in [0.2, 0.25) is 5.02 Å². The Morgan fingerprint density at radius 2 is 1.85 bits per heavy atom. The second-order valence-electron chi connectivity index (χ2n) is 4.34. The third-order valence-electron chi connectivity index (χ3n) is 2.99. The van der Waals surface area contributed by atoms with E-state index in [9.17, 15) is 4.79 Å². The van der Waals surface area contributed by atoms with Gasteiger partial charge in [0.05, 0.1) is 11.3 Å². The zero-order valence-corrected chi connectivity index (χ0v) is 11.3. The molecular formula is C16H11ClN2O. The van der Waals surface area contributed by atoms with Crippen LogP contribution in [-0.4, -0.2) is 16.1 Å². The highest BCUT2D eigenvalue weighted by Gasteiger charge is 2.11. The predicted molar refractivity (Wildman–Crippen MR) is 79.4 cm³/mol. The minimum atomic E-state index is 0.538.